The first-order chi connectivity index (χ1) is 7.56. The molecule has 1 aromatic heterocycles. The van der Waals surface area contributed by atoms with Gasteiger partial charge in [0.1, 0.15) is 6.04 Å². The van der Waals surface area contributed by atoms with Gasteiger partial charge in [-0.05, 0) is 25.8 Å². The molecule has 0 radical (unpaired) electrons. The van der Waals surface area contributed by atoms with Crippen LogP contribution in [0.5, 0.6) is 0 Å². The lowest BCUT2D eigenvalue weighted by atomic mass is 10.2. The average molecular weight is 223 g/mol. The van der Waals surface area contributed by atoms with E-state index in [1.807, 2.05) is 19.9 Å². The van der Waals surface area contributed by atoms with E-state index in [1.165, 1.54) is 0 Å². The van der Waals surface area contributed by atoms with E-state index >= 15 is 0 Å². The molecule has 2 N–H and O–H groups in total. The zero-order valence-corrected chi connectivity index (χ0v) is 9.82. The zero-order chi connectivity index (χ0) is 12.1. The predicted octanol–water partition coefficient (Wildman–Crippen LogP) is 1.49. The van der Waals surface area contributed by atoms with Gasteiger partial charge in [0.15, 0.2) is 0 Å². The van der Waals surface area contributed by atoms with Crippen LogP contribution in [0, 0.1) is 0 Å². The standard InChI is InChI=1S/C11H17N3O2/c1-4-8-6-9(5-2)14-11(13-8)12-7(3)10(15)16/h6-7H,4-5H2,1-3H3,(H,15,16)(H,12,13,14)/t7-/m0/s1. The van der Waals surface area contributed by atoms with E-state index in [0.29, 0.717) is 5.95 Å². The zero-order valence-electron chi connectivity index (χ0n) is 9.82. The maximum absolute atomic E-state index is 10.7. The maximum atomic E-state index is 10.7. The van der Waals surface area contributed by atoms with Crippen molar-refractivity contribution < 1.29 is 9.90 Å². The first-order valence-corrected chi connectivity index (χ1v) is 5.43. The molecule has 1 atom stereocenters. The minimum absolute atomic E-state index is 0.395. The molecule has 88 valence electrons. The molecular formula is C11H17N3O2. The fourth-order valence-electron chi connectivity index (χ4n) is 1.24. The number of aliphatic carboxylic acids is 1. The molecule has 0 aliphatic heterocycles. The van der Waals surface area contributed by atoms with Crippen LogP contribution in [-0.2, 0) is 17.6 Å². The lowest BCUT2D eigenvalue weighted by Crippen LogP contribution is -2.26. The van der Waals surface area contributed by atoms with Gasteiger partial charge in [0.2, 0.25) is 5.95 Å². The topological polar surface area (TPSA) is 75.1 Å². The molecule has 0 unspecified atom stereocenters. The summed E-state index contributed by atoms with van der Waals surface area (Å²) in [6.07, 6.45) is 1.62. The normalized spacial score (nSPS) is 12.2. The minimum Gasteiger partial charge on any atom is -0.480 e. The van der Waals surface area contributed by atoms with Crippen LogP contribution in [0.2, 0.25) is 0 Å². The third-order valence-corrected chi connectivity index (χ3v) is 2.27. The Morgan fingerprint density at radius 3 is 2.25 bits per heavy atom. The largest absolute Gasteiger partial charge is 0.480 e. The highest BCUT2D eigenvalue weighted by molar-refractivity contribution is 5.75. The van der Waals surface area contributed by atoms with E-state index in [2.05, 4.69) is 15.3 Å². The summed E-state index contributed by atoms with van der Waals surface area (Å²) in [6.45, 7) is 5.58. The highest BCUT2D eigenvalue weighted by atomic mass is 16.4. The fourth-order valence-corrected chi connectivity index (χ4v) is 1.24. The third-order valence-electron chi connectivity index (χ3n) is 2.27. The third kappa shape index (κ3) is 3.18. The van der Waals surface area contributed by atoms with Crippen LogP contribution in [0.1, 0.15) is 32.2 Å². The van der Waals surface area contributed by atoms with Gasteiger partial charge in [-0.1, -0.05) is 13.8 Å². The molecule has 0 aliphatic carbocycles. The van der Waals surface area contributed by atoms with Crippen molar-refractivity contribution in [1.82, 2.24) is 9.97 Å². The minimum atomic E-state index is -0.913. The summed E-state index contributed by atoms with van der Waals surface area (Å²) in [5.74, 6) is -0.519. The Morgan fingerprint density at radius 1 is 1.38 bits per heavy atom. The summed E-state index contributed by atoms with van der Waals surface area (Å²) in [5.41, 5.74) is 1.85. The molecule has 5 heteroatoms. The summed E-state index contributed by atoms with van der Waals surface area (Å²) in [5, 5.41) is 11.5. The summed E-state index contributed by atoms with van der Waals surface area (Å²) in [7, 11) is 0. The maximum Gasteiger partial charge on any atom is 0.325 e. The van der Waals surface area contributed by atoms with Crippen molar-refractivity contribution in [3.63, 3.8) is 0 Å². The van der Waals surface area contributed by atoms with E-state index in [-0.39, 0.29) is 0 Å². The summed E-state index contributed by atoms with van der Waals surface area (Å²) in [6, 6.07) is 1.26. The molecule has 0 bridgehead atoms. The van der Waals surface area contributed by atoms with Gasteiger partial charge in [0.25, 0.3) is 0 Å². The highest BCUT2D eigenvalue weighted by Gasteiger charge is 2.12. The number of hydrogen-bond donors (Lipinski definition) is 2. The van der Waals surface area contributed by atoms with Crippen LogP contribution in [-0.4, -0.2) is 27.1 Å². The van der Waals surface area contributed by atoms with Gasteiger partial charge < -0.3 is 10.4 Å². The van der Waals surface area contributed by atoms with E-state index < -0.39 is 12.0 Å². The molecule has 0 spiro atoms. The molecule has 0 saturated carbocycles. The van der Waals surface area contributed by atoms with E-state index in [9.17, 15) is 4.79 Å². The second-order valence-electron chi connectivity index (χ2n) is 3.59. The molecule has 1 heterocycles. The smallest absolute Gasteiger partial charge is 0.325 e. The van der Waals surface area contributed by atoms with Crippen molar-refractivity contribution >= 4 is 11.9 Å². The Morgan fingerprint density at radius 2 is 1.88 bits per heavy atom. The Labute approximate surface area is 94.9 Å². The SMILES string of the molecule is CCc1cc(CC)nc(N[C@@H](C)C(=O)O)n1. The van der Waals surface area contributed by atoms with Crippen LogP contribution in [0.25, 0.3) is 0 Å². The van der Waals surface area contributed by atoms with Gasteiger partial charge in [-0.3, -0.25) is 4.79 Å². The summed E-state index contributed by atoms with van der Waals surface area (Å²) in [4.78, 5) is 19.2. The number of carboxylic acids is 1. The molecule has 0 amide bonds. The average Bonchev–Trinajstić information content (AvgIpc) is 2.28. The number of aryl methyl sites for hydroxylation is 2. The molecule has 5 nitrogen and oxygen atoms in total. The van der Waals surface area contributed by atoms with Crippen molar-refractivity contribution in [3.8, 4) is 0 Å². The molecule has 1 aromatic rings. The summed E-state index contributed by atoms with van der Waals surface area (Å²) < 4.78 is 0. The Kier molecular flexibility index (Phi) is 4.22. The lowest BCUT2D eigenvalue weighted by Gasteiger charge is -2.11. The summed E-state index contributed by atoms with van der Waals surface area (Å²) >= 11 is 0. The van der Waals surface area contributed by atoms with Crippen LogP contribution in [0.4, 0.5) is 5.95 Å². The van der Waals surface area contributed by atoms with Gasteiger partial charge >= 0.3 is 5.97 Å². The fraction of sp³-hybridized carbons (Fsp3) is 0.545. The number of anilines is 1. The molecule has 1 rings (SSSR count). The molecule has 16 heavy (non-hydrogen) atoms. The monoisotopic (exact) mass is 223 g/mol. The Balaban J connectivity index is 2.90. The van der Waals surface area contributed by atoms with Gasteiger partial charge in [-0.15, -0.1) is 0 Å². The van der Waals surface area contributed by atoms with Crippen LogP contribution in [0.3, 0.4) is 0 Å². The van der Waals surface area contributed by atoms with Crippen LogP contribution in [0.15, 0.2) is 6.07 Å². The second kappa shape index (κ2) is 5.44. The van der Waals surface area contributed by atoms with Crippen LogP contribution >= 0.6 is 0 Å². The predicted molar refractivity (Wildman–Crippen MR) is 61.5 cm³/mol. The van der Waals surface area contributed by atoms with E-state index in [1.54, 1.807) is 6.92 Å². The Hall–Kier alpha value is -1.65. The van der Waals surface area contributed by atoms with Gasteiger partial charge in [-0.25, -0.2) is 9.97 Å². The number of carboxylic acid groups (broad SMARTS) is 1. The van der Waals surface area contributed by atoms with Gasteiger partial charge in [0.05, 0.1) is 0 Å². The van der Waals surface area contributed by atoms with E-state index in [0.717, 1.165) is 24.2 Å². The molecule has 0 fully saturated rings. The lowest BCUT2D eigenvalue weighted by molar-refractivity contribution is -0.137. The molecular weight excluding hydrogens is 206 g/mol. The molecule has 0 aliphatic rings. The van der Waals surface area contributed by atoms with Gasteiger partial charge in [0, 0.05) is 11.4 Å². The number of hydrogen-bond acceptors (Lipinski definition) is 4. The van der Waals surface area contributed by atoms with Crippen molar-refractivity contribution in [3.05, 3.63) is 17.5 Å². The van der Waals surface area contributed by atoms with Crippen molar-refractivity contribution in [1.29, 1.82) is 0 Å². The number of rotatable bonds is 5. The van der Waals surface area contributed by atoms with Crippen molar-refractivity contribution in [2.45, 2.75) is 39.7 Å². The molecule has 0 aromatic carbocycles. The van der Waals surface area contributed by atoms with Crippen molar-refractivity contribution in [2.24, 2.45) is 0 Å². The number of nitrogens with zero attached hydrogens (tertiary/aromatic N) is 2. The highest BCUT2D eigenvalue weighted by Crippen LogP contribution is 2.08. The first-order valence-electron chi connectivity index (χ1n) is 5.43. The number of aromatic nitrogens is 2. The van der Waals surface area contributed by atoms with Crippen LogP contribution < -0.4 is 5.32 Å². The first kappa shape index (κ1) is 12.4. The van der Waals surface area contributed by atoms with Gasteiger partial charge in [-0.2, -0.15) is 0 Å². The Bertz CT molecular complexity index is 357. The second-order valence-corrected chi connectivity index (χ2v) is 3.59. The van der Waals surface area contributed by atoms with Crippen molar-refractivity contribution in [2.75, 3.05) is 5.32 Å². The quantitative estimate of drug-likeness (QED) is 0.791. The molecule has 0 saturated heterocycles. The number of carbonyl (C=O) groups is 1. The van der Waals surface area contributed by atoms with E-state index in [4.69, 9.17) is 5.11 Å². The number of nitrogens with one attached hydrogen (secondary N) is 1.